The molecule has 0 aromatic heterocycles. The first kappa shape index (κ1) is 15.3. The van der Waals surface area contributed by atoms with Crippen molar-refractivity contribution in [1.29, 1.82) is 0 Å². The first-order chi connectivity index (χ1) is 9.71. The summed E-state index contributed by atoms with van der Waals surface area (Å²) < 4.78 is 16.3. The van der Waals surface area contributed by atoms with Crippen LogP contribution in [0.3, 0.4) is 0 Å². The summed E-state index contributed by atoms with van der Waals surface area (Å²) in [6, 6.07) is 6.20. The second-order valence-corrected chi connectivity index (χ2v) is 5.09. The Morgan fingerprint density at radius 1 is 1.15 bits per heavy atom. The van der Waals surface area contributed by atoms with E-state index >= 15 is 0 Å². The second kappa shape index (κ2) is 7.04. The summed E-state index contributed by atoms with van der Waals surface area (Å²) in [4.78, 5) is 2.33. The van der Waals surface area contributed by atoms with E-state index in [1.165, 1.54) is 5.56 Å². The van der Waals surface area contributed by atoms with E-state index in [4.69, 9.17) is 19.9 Å². The minimum absolute atomic E-state index is 0.144. The third-order valence-electron chi connectivity index (χ3n) is 3.87. The summed E-state index contributed by atoms with van der Waals surface area (Å²) in [7, 11) is 5.15. The van der Waals surface area contributed by atoms with Crippen molar-refractivity contribution in [2.75, 3.05) is 34.4 Å². The summed E-state index contributed by atoms with van der Waals surface area (Å²) >= 11 is 0. The second-order valence-electron chi connectivity index (χ2n) is 5.09. The van der Waals surface area contributed by atoms with Gasteiger partial charge in [0.2, 0.25) is 0 Å². The molecule has 0 aliphatic carbocycles. The third-order valence-corrected chi connectivity index (χ3v) is 3.87. The molecule has 1 aliphatic heterocycles. The molecule has 112 valence electrons. The number of nitrogens with zero attached hydrogens (tertiary/aromatic N) is 1. The lowest BCUT2D eigenvalue weighted by Gasteiger charge is -2.16. The Labute approximate surface area is 120 Å². The van der Waals surface area contributed by atoms with E-state index in [1.807, 2.05) is 6.07 Å². The smallest absolute Gasteiger partial charge is 0.123 e. The molecule has 1 heterocycles. The molecular weight excluding hydrogens is 256 g/mol. The summed E-state index contributed by atoms with van der Waals surface area (Å²) in [5.74, 6) is 0.857. The van der Waals surface area contributed by atoms with Gasteiger partial charge in [-0.1, -0.05) is 12.1 Å². The lowest BCUT2D eigenvalue weighted by molar-refractivity contribution is -0.00461. The zero-order valence-electron chi connectivity index (χ0n) is 12.5. The van der Waals surface area contributed by atoms with Crippen LogP contribution >= 0.6 is 0 Å². The maximum absolute atomic E-state index is 5.69. The Hall–Kier alpha value is -1.14. The molecule has 0 spiro atoms. The van der Waals surface area contributed by atoms with Gasteiger partial charge in [0.25, 0.3) is 0 Å². The Bertz CT molecular complexity index is 427. The fourth-order valence-corrected chi connectivity index (χ4v) is 2.71. The standard InChI is InChI=1S/C15H24N2O3/c1-18-13-6-11(4-5-12(13)7-16)8-17-9-14(19-2)15(10-17)20-3/h4-6,14-15H,7-10,16H2,1-3H3. The van der Waals surface area contributed by atoms with Crippen molar-refractivity contribution in [3.63, 3.8) is 0 Å². The Morgan fingerprint density at radius 3 is 2.30 bits per heavy atom. The number of benzene rings is 1. The number of methoxy groups -OCH3 is 3. The van der Waals surface area contributed by atoms with Crippen LogP contribution in [-0.2, 0) is 22.6 Å². The first-order valence-electron chi connectivity index (χ1n) is 6.85. The van der Waals surface area contributed by atoms with Gasteiger partial charge in [-0.05, 0) is 11.6 Å². The molecule has 20 heavy (non-hydrogen) atoms. The molecule has 2 rings (SSSR count). The summed E-state index contributed by atoms with van der Waals surface area (Å²) in [6.07, 6.45) is 0.287. The van der Waals surface area contributed by atoms with Crippen molar-refractivity contribution in [3.8, 4) is 5.75 Å². The zero-order valence-corrected chi connectivity index (χ0v) is 12.5. The van der Waals surface area contributed by atoms with Gasteiger partial charge >= 0.3 is 0 Å². The molecule has 1 aromatic carbocycles. The molecule has 2 N–H and O–H groups in total. The minimum Gasteiger partial charge on any atom is -0.496 e. The van der Waals surface area contributed by atoms with Crippen LogP contribution in [-0.4, -0.2) is 51.5 Å². The van der Waals surface area contributed by atoms with E-state index in [-0.39, 0.29) is 12.2 Å². The number of ether oxygens (including phenoxy) is 3. The minimum atomic E-state index is 0.144. The normalized spacial score (nSPS) is 23.2. The summed E-state index contributed by atoms with van der Waals surface area (Å²) in [5.41, 5.74) is 7.93. The maximum atomic E-state index is 5.69. The van der Waals surface area contributed by atoms with Crippen molar-refractivity contribution < 1.29 is 14.2 Å². The van der Waals surface area contributed by atoms with Crippen LogP contribution in [0.25, 0.3) is 0 Å². The van der Waals surface area contributed by atoms with Crippen LogP contribution in [0.1, 0.15) is 11.1 Å². The molecule has 2 unspecified atom stereocenters. The van der Waals surface area contributed by atoms with Crippen LogP contribution < -0.4 is 10.5 Å². The van der Waals surface area contributed by atoms with Gasteiger partial charge < -0.3 is 19.9 Å². The number of rotatable bonds is 6. The fourth-order valence-electron chi connectivity index (χ4n) is 2.71. The van der Waals surface area contributed by atoms with Crippen LogP contribution in [0.15, 0.2) is 18.2 Å². The van der Waals surface area contributed by atoms with Crippen molar-refractivity contribution in [3.05, 3.63) is 29.3 Å². The van der Waals surface area contributed by atoms with Crippen molar-refractivity contribution >= 4 is 0 Å². The van der Waals surface area contributed by atoms with Gasteiger partial charge in [0, 0.05) is 46.0 Å². The van der Waals surface area contributed by atoms with Crippen molar-refractivity contribution in [2.45, 2.75) is 25.3 Å². The molecule has 0 bridgehead atoms. The van der Waals surface area contributed by atoms with Gasteiger partial charge in [0.05, 0.1) is 19.3 Å². The van der Waals surface area contributed by atoms with Crippen LogP contribution in [0.2, 0.25) is 0 Å². The molecule has 5 heteroatoms. The van der Waals surface area contributed by atoms with Crippen LogP contribution in [0.4, 0.5) is 0 Å². The zero-order chi connectivity index (χ0) is 14.5. The average molecular weight is 280 g/mol. The summed E-state index contributed by atoms with van der Waals surface area (Å²) in [5, 5.41) is 0. The highest BCUT2D eigenvalue weighted by Gasteiger charge is 2.32. The quantitative estimate of drug-likeness (QED) is 0.842. The molecule has 1 aromatic rings. The Morgan fingerprint density at radius 2 is 1.80 bits per heavy atom. The van der Waals surface area contributed by atoms with Gasteiger partial charge in [-0.2, -0.15) is 0 Å². The molecule has 0 saturated carbocycles. The molecule has 1 fully saturated rings. The van der Waals surface area contributed by atoms with E-state index in [0.29, 0.717) is 6.54 Å². The predicted molar refractivity (Wildman–Crippen MR) is 77.8 cm³/mol. The monoisotopic (exact) mass is 280 g/mol. The lowest BCUT2D eigenvalue weighted by Crippen LogP contribution is -2.27. The molecule has 0 amide bonds. The maximum Gasteiger partial charge on any atom is 0.123 e. The van der Waals surface area contributed by atoms with Gasteiger partial charge in [-0.3, -0.25) is 4.90 Å². The van der Waals surface area contributed by atoms with E-state index < -0.39 is 0 Å². The fraction of sp³-hybridized carbons (Fsp3) is 0.600. The Balaban J connectivity index is 2.04. The highest BCUT2D eigenvalue weighted by Crippen LogP contribution is 2.23. The van der Waals surface area contributed by atoms with Crippen LogP contribution in [0, 0.1) is 0 Å². The molecule has 1 saturated heterocycles. The molecule has 2 atom stereocenters. The molecular formula is C15H24N2O3. The van der Waals surface area contributed by atoms with Crippen LogP contribution in [0.5, 0.6) is 5.75 Å². The molecule has 5 nitrogen and oxygen atoms in total. The highest BCUT2D eigenvalue weighted by atomic mass is 16.5. The van der Waals surface area contributed by atoms with E-state index in [0.717, 1.165) is 30.9 Å². The largest absolute Gasteiger partial charge is 0.496 e. The lowest BCUT2D eigenvalue weighted by atomic mass is 10.1. The Kier molecular flexibility index (Phi) is 5.37. The highest BCUT2D eigenvalue weighted by molar-refractivity contribution is 5.37. The van der Waals surface area contributed by atoms with Gasteiger partial charge in [-0.15, -0.1) is 0 Å². The SMILES string of the molecule is COc1cc(CN2CC(OC)C(OC)C2)ccc1CN. The number of nitrogens with two attached hydrogens (primary N) is 1. The molecule has 0 radical (unpaired) electrons. The van der Waals surface area contributed by atoms with Gasteiger partial charge in [0.15, 0.2) is 0 Å². The van der Waals surface area contributed by atoms with Crippen molar-refractivity contribution in [2.24, 2.45) is 5.73 Å². The average Bonchev–Trinajstić information content (AvgIpc) is 2.89. The van der Waals surface area contributed by atoms with Crippen molar-refractivity contribution in [1.82, 2.24) is 4.90 Å². The van der Waals surface area contributed by atoms with Gasteiger partial charge in [0.1, 0.15) is 5.75 Å². The van der Waals surface area contributed by atoms with E-state index in [2.05, 4.69) is 17.0 Å². The topological polar surface area (TPSA) is 57.0 Å². The van der Waals surface area contributed by atoms with E-state index in [1.54, 1.807) is 21.3 Å². The number of likely N-dealkylation sites (tertiary alicyclic amines) is 1. The predicted octanol–water partition coefficient (Wildman–Crippen LogP) is 1.000. The molecule has 1 aliphatic rings. The van der Waals surface area contributed by atoms with Gasteiger partial charge in [-0.25, -0.2) is 0 Å². The third kappa shape index (κ3) is 3.30. The van der Waals surface area contributed by atoms with E-state index in [9.17, 15) is 0 Å². The summed E-state index contributed by atoms with van der Waals surface area (Å²) in [6.45, 7) is 3.12. The number of hydrogen-bond acceptors (Lipinski definition) is 5. The first-order valence-corrected chi connectivity index (χ1v) is 6.85. The number of hydrogen-bond donors (Lipinski definition) is 1.